The van der Waals surface area contributed by atoms with Gasteiger partial charge in [0.1, 0.15) is 0 Å². The highest BCUT2D eigenvalue weighted by Gasteiger charge is 2.10. The van der Waals surface area contributed by atoms with Crippen molar-refractivity contribution in [2.45, 2.75) is 24.8 Å². The van der Waals surface area contributed by atoms with Crippen LogP contribution in [0, 0.1) is 0 Å². The third-order valence-corrected chi connectivity index (χ3v) is 3.87. The highest BCUT2D eigenvalue weighted by atomic mass is 32.2. The molecule has 0 bridgehead atoms. The molecule has 0 aliphatic rings. The molecule has 1 heterocycles. The minimum atomic E-state index is -3.14. The Bertz CT molecular complexity index is 640. The first-order chi connectivity index (χ1) is 8.39. The molecule has 1 aromatic heterocycles. The molecule has 0 unspecified atom stereocenters. The lowest BCUT2D eigenvalue weighted by Gasteiger charge is -2.11. The second kappa shape index (κ2) is 4.57. The van der Waals surface area contributed by atoms with Crippen LogP contribution in [0.1, 0.15) is 19.9 Å². The number of hydrogen-bond acceptors (Lipinski definition) is 3. The zero-order valence-corrected chi connectivity index (χ0v) is 11.5. The first-order valence-corrected chi connectivity index (χ1v) is 7.63. The van der Waals surface area contributed by atoms with Gasteiger partial charge in [0.25, 0.3) is 0 Å². The minimum Gasteiger partial charge on any atom is -0.262 e. The Morgan fingerprint density at radius 2 is 1.72 bits per heavy atom. The molecule has 96 valence electrons. The van der Waals surface area contributed by atoms with E-state index in [4.69, 9.17) is 0 Å². The lowest BCUT2D eigenvalue weighted by atomic mass is 10.1. The Morgan fingerprint density at radius 1 is 1.11 bits per heavy atom. The average Bonchev–Trinajstić information content (AvgIpc) is 2.77. The summed E-state index contributed by atoms with van der Waals surface area (Å²) in [6, 6.07) is 9.07. The quantitative estimate of drug-likeness (QED) is 0.856. The van der Waals surface area contributed by atoms with E-state index in [9.17, 15) is 8.42 Å². The van der Waals surface area contributed by atoms with E-state index in [0.29, 0.717) is 4.90 Å². The van der Waals surface area contributed by atoms with Crippen LogP contribution in [0.3, 0.4) is 0 Å². The molecular weight excluding hydrogens is 248 g/mol. The molecule has 0 aliphatic heterocycles. The molecule has 0 radical (unpaired) electrons. The fourth-order valence-electron chi connectivity index (χ4n) is 1.83. The average molecular weight is 264 g/mol. The Hall–Kier alpha value is -1.62. The van der Waals surface area contributed by atoms with Crippen molar-refractivity contribution < 1.29 is 8.42 Å². The van der Waals surface area contributed by atoms with Gasteiger partial charge in [0.05, 0.1) is 10.6 Å². The van der Waals surface area contributed by atoms with Crippen molar-refractivity contribution in [2.24, 2.45) is 0 Å². The molecule has 0 fully saturated rings. The molecule has 0 saturated heterocycles. The summed E-state index contributed by atoms with van der Waals surface area (Å²) >= 11 is 0. The van der Waals surface area contributed by atoms with Crippen LogP contribution in [0.15, 0.2) is 41.4 Å². The van der Waals surface area contributed by atoms with Gasteiger partial charge >= 0.3 is 0 Å². The summed E-state index contributed by atoms with van der Waals surface area (Å²) in [5.41, 5.74) is 1.96. The van der Waals surface area contributed by atoms with Gasteiger partial charge in [-0.2, -0.15) is 5.10 Å². The Balaban J connectivity index is 2.44. The third-order valence-electron chi connectivity index (χ3n) is 2.74. The molecule has 4 nitrogen and oxygen atoms in total. The van der Waals surface area contributed by atoms with E-state index in [1.54, 1.807) is 18.3 Å². The topological polar surface area (TPSA) is 52.0 Å². The summed E-state index contributed by atoms with van der Waals surface area (Å²) in [6.07, 6.45) is 2.96. The molecule has 0 saturated carbocycles. The first kappa shape index (κ1) is 12.8. The highest BCUT2D eigenvalue weighted by molar-refractivity contribution is 7.90. The lowest BCUT2D eigenvalue weighted by molar-refractivity contribution is 0.538. The number of benzene rings is 1. The van der Waals surface area contributed by atoms with Crippen molar-refractivity contribution in [3.63, 3.8) is 0 Å². The van der Waals surface area contributed by atoms with Gasteiger partial charge in [0.15, 0.2) is 9.84 Å². The number of hydrogen-bond donors (Lipinski definition) is 0. The fourth-order valence-corrected chi connectivity index (χ4v) is 2.46. The van der Waals surface area contributed by atoms with Crippen LogP contribution in [-0.2, 0) is 9.84 Å². The summed E-state index contributed by atoms with van der Waals surface area (Å²) < 4.78 is 24.7. The fraction of sp³-hybridized carbons (Fsp3) is 0.308. The zero-order valence-electron chi connectivity index (χ0n) is 10.7. The molecule has 5 heteroatoms. The predicted molar refractivity (Wildman–Crippen MR) is 71.2 cm³/mol. The monoisotopic (exact) mass is 264 g/mol. The second-order valence-electron chi connectivity index (χ2n) is 4.55. The lowest BCUT2D eigenvalue weighted by Crippen LogP contribution is -2.04. The number of aromatic nitrogens is 2. The third kappa shape index (κ3) is 2.46. The van der Waals surface area contributed by atoms with E-state index in [2.05, 4.69) is 18.9 Å². The minimum absolute atomic E-state index is 0.268. The van der Waals surface area contributed by atoms with Crippen LogP contribution in [0.25, 0.3) is 11.3 Å². The molecule has 0 N–H and O–H groups in total. The van der Waals surface area contributed by atoms with E-state index in [1.165, 1.54) is 6.26 Å². The van der Waals surface area contributed by atoms with Gasteiger partial charge in [-0.3, -0.25) is 4.68 Å². The zero-order chi connectivity index (χ0) is 13.3. The van der Waals surface area contributed by atoms with E-state index < -0.39 is 9.84 Å². The second-order valence-corrected chi connectivity index (χ2v) is 6.57. The van der Waals surface area contributed by atoms with Gasteiger partial charge in [0.2, 0.25) is 0 Å². The summed E-state index contributed by atoms with van der Waals surface area (Å²) in [5.74, 6) is 0. The molecule has 1 aromatic carbocycles. The summed E-state index contributed by atoms with van der Waals surface area (Å²) in [5, 5.41) is 4.26. The van der Waals surface area contributed by atoms with Gasteiger partial charge in [-0.1, -0.05) is 12.1 Å². The van der Waals surface area contributed by atoms with E-state index in [1.807, 2.05) is 22.9 Å². The van der Waals surface area contributed by atoms with Crippen molar-refractivity contribution >= 4 is 9.84 Å². The maximum Gasteiger partial charge on any atom is 0.175 e. The molecule has 2 rings (SSSR count). The van der Waals surface area contributed by atoms with Crippen molar-refractivity contribution in [1.82, 2.24) is 9.78 Å². The predicted octanol–water partition coefficient (Wildman–Crippen LogP) is 2.53. The van der Waals surface area contributed by atoms with Crippen LogP contribution in [0.4, 0.5) is 0 Å². The Kier molecular flexibility index (Phi) is 3.26. The molecular formula is C13H16N2O2S. The van der Waals surface area contributed by atoms with Crippen LogP contribution in [0.5, 0.6) is 0 Å². The van der Waals surface area contributed by atoms with Crippen molar-refractivity contribution in [3.05, 3.63) is 36.5 Å². The standard InChI is InChI=1S/C13H16N2O2S/c1-10(2)15-13(8-9-14-15)11-4-6-12(7-5-11)18(3,16)17/h4-10H,1-3H3. The highest BCUT2D eigenvalue weighted by Crippen LogP contribution is 2.23. The van der Waals surface area contributed by atoms with Crippen molar-refractivity contribution in [3.8, 4) is 11.3 Å². The molecule has 0 aliphatic carbocycles. The smallest absolute Gasteiger partial charge is 0.175 e. The first-order valence-electron chi connectivity index (χ1n) is 5.73. The van der Waals surface area contributed by atoms with E-state index >= 15 is 0 Å². The Labute approximate surface area is 107 Å². The van der Waals surface area contributed by atoms with Gasteiger partial charge in [-0.05, 0) is 37.6 Å². The normalized spacial score (nSPS) is 12.0. The molecule has 0 atom stereocenters. The van der Waals surface area contributed by atoms with E-state index in [0.717, 1.165) is 11.3 Å². The maximum atomic E-state index is 11.4. The van der Waals surface area contributed by atoms with Crippen LogP contribution < -0.4 is 0 Å². The number of rotatable bonds is 3. The number of nitrogens with zero attached hydrogens (tertiary/aromatic N) is 2. The van der Waals surface area contributed by atoms with Crippen LogP contribution in [-0.4, -0.2) is 24.5 Å². The van der Waals surface area contributed by atoms with Crippen LogP contribution >= 0.6 is 0 Å². The van der Waals surface area contributed by atoms with Gasteiger partial charge in [0, 0.05) is 18.5 Å². The SMILES string of the molecule is CC(C)n1nccc1-c1ccc(S(C)(=O)=O)cc1. The molecule has 2 aromatic rings. The summed E-state index contributed by atoms with van der Waals surface area (Å²) in [4.78, 5) is 0.335. The van der Waals surface area contributed by atoms with Crippen molar-refractivity contribution in [2.75, 3.05) is 6.26 Å². The van der Waals surface area contributed by atoms with E-state index in [-0.39, 0.29) is 6.04 Å². The van der Waals surface area contributed by atoms with Crippen LogP contribution in [0.2, 0.25) is 0 Å². The van der Waals surface area contributed by atoms with Gasteiger partial charge in [-0.15, -0.1) is 0 Å². The maximum absolute atomic E-state index is 11.4. The molecule has 18 heavy (non-hydrogen) atoms. The largest absolute Gasteiger partial charge is 0.262 e. The van der Waals surface area contributed by atoms with Crippen molar-refractivity contribution in [1.29, 1.82) is 0 Å². The molecule has 0 amide bonds. The van der Waals surface area contributed by atoms with Gasteiger partial charge in [-0.25, -0.2) is 8.42 Å². The molecule has 0 spiro atoms. The van der Waals surface area contributed by atoms with Gasteiger partial charge < -0.3 is 0 Å². The summed E-state index contributed by atoms with van der Waals surface area (Å²) in [6.45, 7) is 4.11. The Morgan fingerprint density at radius 3 is 2.22 bits per heavy atom. The summed E-state index contributed by atoms with van der Waals surface area (Å²) in [7, 11) is -3.14. The number of sulfone groups is 1.